The third-order valence-electron chi connectivity index (χ3n) is 0.330. The summed E-state index contributed by atoms with van der Waals surface area (Å²) < 4.78 is 20.2. The molecule has 0 bridgehead atoms. The van der Waals surface area contributed by atoms with Gasteiger partial charge in [-0.1, -0.05) is 5.92 Å². The highest BCUT2D eigenvalue weighted by Gasteiger charge is 1.88. The minimum Gasteiger partial charge on any atom is -0.223 e. The fraction of sp³-hybridized carbons (Fsp3) is 0.500. The van der Waals surface area contributed by atoms with Crippen molar-refractivity contribution >= 4 is 9.84 Å². The van der Waals surface area contributed by atoms with Gasteiger partial charge < -0.3 is 0 Å². The molecule has 0 unspecified atom stereocenters. The van der Waals surface area contributed by atoms with Gasteiger partial charge in [0, 0.05) is 5.25 Å². The van der Waals surface area contributed by atoms with Gasteiger partial charge in [0.25, 0.3) is 0 Å². The molecule has 0 atom stereocenters. The van der Waals surface area contributed by atoms with E-state index in [1.165, 1.54) is 0 Å². The Hall–Kier alpha value is -0.530. The predicted molar refractivity (Wildman–Crippen MR) is 28.2 cm³/mol. The summed E-state index contributed by atoms with van der Waals surface area (Å²) in [6.45, 7) is -0.660. The molecule has 0 aromatic carbocycles. The summed E-state index contributed by atoms with van der Waals surface area (Å²) in [5, 5.41) is 11.3. The van der Waals surface area contributed by atoms with Gasteiger partial charge in [-0.15, -0.1) is 0 Å². The van der Waals surface area contributed by atoms with Crippen LogP contribution in [-0.4, -0.2) is 21.3 Å². The van der Waals surface area contributed by atoms with Crippen molar-refractivity contribution in [1.29, 1.82) is 0 Å². The lowest BCUT2D eigenvalue weighted by molar-refractivity contribution is 0.239. The van der Waals surface area contributed by atoms with Crippen LogP contribution in [0.4, 0.5) is 0 Å². The van der Waals surface area contributed by atoms with Crippen LogP contribution in [-0.2, 0) is 14.9 Å². The highest BCUT2D eigenvalue weighted by molar-refractivity contribution is 7.95. The number of hydrogen-bond donors (Lipinski definition) is 0. The molecule has 0 aromatic rings. The van der Waals surface area contributed by atoms with Gasteiger partial charge in [-0.3, -0.25) is 0 Å². The standard InChI is InChI=1S/C4H5O3S/c1-8(6,7)4-2-3-5/h3H2,1H3. The van der Waals surface area contributed by atoms with Gasteiger partial charge in [-0.05, 0) is 0 Å². The zero-order chi connectivity index (χ0) is 6.62. The monoisotopic (exact) mass is 133 g/mol. The van der Waals surface area contributed by atoms with Gasteiger partial charge in [0.2, 0.25) is 9.84 Å². The van der Waals surface area contributed by atoms with Crippen molar-refractivity contribution in [3.05, 3.63) is 0 Å². The van der Waals surface area contributed by atoms with Crippen molar-refractivity contribution in [3.63, 3.8) is 0 Å². The van der Waals surface area contributed by atoms with Crippen molar-refractivity contribution in [2.45, 2.75) is 0 Å². The molecule has 1 radical (unpaired) electrons. The van der Waals surface area contributed by atoms with Crippen molar-refractivity contribution in [3.8, 4) is 11.2 Å². The second kappa shape index (κ2) is 2.70. The minimum absolute atomic E-state index is 0.660. The SMILES string of the molecule is CS(=O)(=O)C#CC[O]. The van der Waals surface area contributed by atoms with Crippen LogP contribution in [0.15, 0.2) is 0 Å². The maximum Gasteiger partial charge on any atom is 0.214 e. The van der Waals surface area contributed by atoms with Crippen LogP contribution in [0.3, 0.4) is 0 Å². The topological polar surface area (TPSA) is 54.0 Å². The summed E-state index contributed by atoms with van der Waals surface area (Å²) in [5.74, 6) is 1.89. The van der Waals surface area contributed by atoms with Crippen LogP contribution in [0, 0.1) is 11.2 Å². The second-order valence-corrected chi connectivity index (χ2v) is 2.94. The quantitative estimate of drug-likeness (QED) is 0.328. The van der Waals surface area contributed by atoms with E-state index in [1.807, 2.05) is 5.92 Å². The van der Waals surface area contributed by atoms with Crippen molar-refractivity contribution in [2.75, 3.05) is 12.9 Å². The normalized spacial score (nSPS) is 9.75. The zero-order valence-electron chi connectivity index (χ0n) is 4.34. The number of rotatable bonds is 0. The third-order valence-corrected chi connectivity index (χ3v) is 0.845. The first-order chi connectivity index (χ1) is 3.56. The third kappa shape index (κ3) is 5.47. The van der Waals surface area contributed by atoms with Gasteiger partial charge >= 0.3 is 0 Å². The smallest absolute Gasteiger partial charge is 0.214 e. The van der Waals surface area contributed by atoms with Crippen LogP contribution in [0.25, 0.3) is 0 Å². The summed E-state index contributed by atoms with van der Waals surface area (Å²) in [6.07, 6.45) is 0.954. The Morgan fingerprint density at radius 2 is 2.00 bits per heavy atom. The van der Waals surface area contributed by atoms with E-state index < -0.39 is 16.4 Å². The molecule has 0 aliphatic rings. The average Bonchev–Trinajstić information content (AvgIpc) is 1.59. The molecule has 0 heterocycles. The molecular formula is C4H5O3S. The lowest BCUT2D eigenvalue weighted by Crippen LogP contribution is -1.88. The summed E-state index contributed by atoms with van der Waals surface area (Å²) in [7, 11) is -3.25. The van der Waals surface area contributed by atoms with Gasteiger partial charge in [0.15, 0.2) is 0 Å². The largest absolute Gasteiger partial charge is 0.223 e. The lowest BCUT2D eigenvalue weighted by atomic mass is 10.8. The van der Waals surface area contributed by atoms with E-state index >= 15 is 0 Å². The fourth-order valence-electron chi connectivity index (χ4n) is 0.161. The molecule has 0 spiro atoms. The van der Waals surface area contributed by atoms with Crippen LogP contribution < -0.4 is 0 Å². The van der Waals surface area contributed by atoms with Crippen molar-refractivity contribution in [1.82, 2.24) is 0 Å². The van der Waals surface area contributed by atoms with E-state index in [0.29, 0.717) is 0 Å². The maximum absolute atomic E-state index is 10.1. The molecule has 0 aliphatic heterocycles. The molecule has 8 heavy (non-hydrogen) atoms. The van der Waals surface area contributed by atoms with Crippen molar-refractivity contribution < 1.29 is 13.5 Å². The van der Waals surface area contributed by atoms with Gasteiger partial charge in [0.05, 0.1) is 6.26 Å². The zero-order valence-corrected chi connectivity index (χ0v) is 5.16. The molecule has 0 aromatic heterocycles. The second-order valence-electron chi connectivity index (χ2n) is 1.20. The highest BCUT2D eigenvalue weighted by Crippen LogP contribution is 1.73. The molecule has 3 nitrogen and oxygen atoms in total. The molecule has 0 saturated heterocycles. The molecular weight excluding hydrogens is 128 g/mol. The Bertz CT molecular complexity index is 203. The van der Waals surface area contributed by atoms with Gasteiger partial charge in [-0.25, -0.2) is 13.5 Å². The fourth-order valence-corrected chi connectivity index (χ4v) is 0.482. The predicted octanol–water partition coefficient (Wildman–Crippen LogP) is -0.578. The van der Waals surface area contributed by atoms with Crippen LogP contribution >= 0.6 is 0 Å². The molecule has 0 saturated carbocycles. The van der Waals surface area contributed by atoms with Crippen LogP contribution in [0.5, 0.6) is 0 Å². The first kappa shape index (κ1) is 7.47. The maximum atomic E-state index is 10.1. The average molecular weight is 133 g/mol. The number of hydrogen-bond acceptors (Lipinski definition) is 2. The summed E-state index contributed by atoms with van der Waals surface area (Å²) in [4.78, 5) is 0. The van der Waals surface area contributed by atoms with E-state index in [-0.39, 0.29) is 0 Å². The van der Waals surface area contributed by atoms with Gasteiger partial charge in [0.1, 0.15) is 6.61 Å². The van der Waals surface area contributed by atoms with E-state index in [1.54, 1.807) is 5.25 Å². The molecule has 0 aliphatic carbocycles. The molecule has 0 N–H and O–H groups in total. The Balaban J connectivity index is 4.12. The number of sulfone groups is 1. The summed E-state index contributed by atoms with van der Waals surface area (Å²) >= 11 is 0. The molecule has 0 amide bonds. The Kier molecular flexibility index (Phi) is 2.52. The first-order valence-corrected chi connectivity index (χ1v) is 3.73. The molecule has 4 heteroatoms. The van der Waals surface area contributed by atoms with E-state index in [0.717, 1.165) is 6.26 Å². The molecule has 0 rings (SSSR count). The Labute approximate surface area is 48.3 Å². The van der Waals surface area contributed by atoms with E-state index in [9.17, 15) is 13.5 Å². The minimum atomic E-state index is -3.25. The van der Waals surface area contributed by atoms with Crippen LogP contribution in [0.1, 0.15) is 0 Å². The summed E-state index contributed by atoms with van der Waals surface area (Å²) in [6, 6.07) is 0. The van der Waals surface area contributed by atoms with Crippen molar-refractivity contribution in [2.24, 2.45) is 0 Å². The summed E-state index contributed by atoms with van der Waals surface area (Å²) in [5.41, 5.74) is 0. The first-order valence-electron chi connectivity index (χ1n) is 1.84. The lowest BCUT2D eigenvalue weighted by Gasteiger charge is -1.73. The Morgan fingerprint density at radius 3 is 2.12 bits per heavy atom. The molecule has 0 fully saturated rings. The highest BCUT2D eigenvalue weighted by atomic mass is 32.2. The molecule has 45 valence electrons. The van der Waals surface area contributed by atoms with Crippen LogP contribution in [0.2, 0.25) is 0 Å². The van der Waals surface area contributed by atoms with Gasteiger partial charge in [-0.2, -0.15) is 0 Å². The van der Waals surface area contributed by atoms with E-state index in [4.69, 9.17) is 0 Å². The Morgan fingerprint density at radius 1 is 1.50 bits per heavy atom. The van der Waals surface area contributed by atoms with E-state index in [2.05, 4.69) is 0 Å².